The van der Waals surface area contributed by atoms with Crippen LogP contribution in [-0.4, -0.2) is 21.9 Å². The van der Waals surface area contributed by atoms with Crippen molar-refractivity contribution >= 4 is 11.8 Å². The van der Waals surface area contributed by atoms with Crippen molar-refractivity contribution in [3.05, 3.63) is 89.7 Å². The summed E-state index contributed by atoms with van der Waals surface area (Å²) >= 11 is 1.45. The average molecular weight is 405 g/mol. The van der Waals surface area contributed by atoms with Crippen LogP contribution in [0.25, 0.3) is 17.1 Å². The first-order valence-corrected chi connectivity index (χ1v) is 10.2. The van der Waals surface area contributed by atoms with E-state index in [1.165, 1.54) is 23.4 Å². The lowest BCUT2D eigenvalue weighted by atomic mass is 10.1. The normalized spacial score (nSPS) is 10.9. The number of benzene rings is 3. The van der Waals surface area contributed by atoms with Gasteiger partial charge in [0, 0.05) is 11.4 Å². The van der Waals surface area contributed by atoms with Gasteiger partial charge in [0.1, 0.15) is 11.6 Å². The molecule has 0 saturated heterocycles. The highest BCUT2D eigenvalue weighted by atomic mass is 32.2. The van der Waals surface area contributed by atoms with Crippen molar-refractivity contribution in [2.75, 3.05) is 7.11 Å². The largest absolute Gasteiger partial charge is 0.496 e. The topological polar surface area (TPSA) is 39.9 Å². The van der Waals surface area contributed by atoms with Crippen LogP contribution >= 0.6 is 11.8 Å². The van der Waals surface area contributed by atoms with Crippen LogP contribution in [0.3, 0.4) is 0 Å². The highest BCUT2D eigenvalue weighted by Gasteiger charge is 2.19. The number of ether oxygens (including phenoxy) is 1. The van der Waals surface area contributed by atoms with Gasteiger partial charge in [0.05, 0.1) is 12.7 Å². The average Bonchev–Trinajstić information content (AvgIpc) is 3.17. The van der Waals surface area contributed by atoms with E-state index in [0.717, 1.165) is 17.0 Å². The molecule has 0 spiro atoms. The summed E-state index contributed by atoms with van der Waals surface area (Å²) in [6.45, 7) is 2.05. The molecule has 3 aromatic carbocycles. The molecule has 0 fully saturated rings. The van der Waals surface area contributed by atoms with Gasteiger partial charge >= 0.3 is 0 Å². The molecule has 0 aliphatic carbocycles. The molecule has 0 aliphatic heterocycles. The summed E-state index contributed by atoms with van der Waals surface area (Å²) in [5, 5.41) is 9.55. The minimum Gasteiger partial charge on any atom is -0.496 e. The van der Waals surface area contributed by atoms with E-state index in [0.29, 0.717) is 22.3 Å². The summed E-state index contributed by atoms with van der Waals surface area (Å²) in [7, 11) is 1.64. The van der Waals surface area contributed by atoms with E-state index in [2.05, 4.69) is 10.2 Å². The lowest BCUT2D eigenvalue weighted by molar-refractivity contribution is 0.416. The highest BCUT2D eigenvalue weighted by Crippen LogP contribution is 2.34. The predicted molar refractivity (Wildman–Crippen MR) is 114 cm³/mol. The Hall–Kier alpha value is -3.12. The number of hydrogen-bond donors (Lipinski definition) is 0. The number of rotatable bonds is 6. The molecule has 4 nitrogen and oxygen atoms in total. The predicted octanol–water partition coefficient (Wildman–Crippen LogP) is 5.68. The van der Waals surface area contributed by atoms with Gasteiger partial charge in [-0.05, 0) is 42.8 Å². The number of aryl methyl sites for hydroxylation is 1. The molecule has 4 rings (SSSR count). The molecule has 0 radical (unpaired) electrons. The lowest BCUT2D eigenvalue weighted by Crippen LogP contribution is -2.01. The van der Waals surface area contributed by atoms with Gasteiger partial charge in [0.2, 0.25) is 0 Å². The zero-order valence-electron chi connectivity index (χ0n) is 16.2. The number of thioether (sulfide) groups is 1. The van der Waals surface area contributed by atoms with Crippen molar-refractivity contribution in [3.63, 3.8) is 0 Å². The summed E-state index contributed by atoms with van der Waals surface area (Å²) in [6, 6.07) is 22.7. The molecule has 0 bridgehead atoms. The Kier molecular flexibility index (Phi) is 5.62. The molecule has 146 valence electrons. The molecule has 1 aromatic heterocycles. The maximum absolute atomic E-state index is 14.1. The lowest BCUT2D eigenvalue weighted by Gasteiger charge is -2.13. The molecule has 0 amide bonds. The monoisotopic (exact) mass is 405 g/mol. The zero-order chi connectivity index (χ0) is 20.2. The van der Waals surface area contributed by atoms with E-state index in [9.17, 15) is 4.39 Å². The molecular formula is C23H20FN3OS. The van der Waals surface area contributed by atoms with Crippen molar-refractivity contribution in [2.45, 2.75) is 17.8 Å². The van der Waals surface area contributed by atoms with Gasteiger partial charge in [-0.2, -0.15) is 0 Å². The van der Waals surface area contributed by atoms with Gasteiger partial charge in [0.25, 0.3) is 0 Å². The summed E-state index contributed by atoms with van der Waals surface area (Å²) in [5.74, 6) is 1.65. The fraction of sp³-hybridized carbons (Fsp3) is 0.130. The van der Waals surface area contributed by atoms with Crippen molar-refractivity contribution in [1.29, 1.82) is 0 Å². The molecule has 0 aliphatic rings. The van der Waals surface area contributed by atoms with Gasteiger partial charge in [-0.1, -0.05) is 59.8 Å². The first kappa shape index (κ1) is 19.2. The first-order chi connectivity index (χ1) is 14.2. The van der Waals surface area contributed by atoms with Crippen LogP contribution in [0.5, 0.6) is 5.75 Å². The smallest absolute Gasteiger partial charge is 0.196 e. The minimum atomic E-state index is -0.216. The van der Waals surface area contributed by atoms with Crippen LogP contribution < -0.4 is 4.74 Å². The number of nitrogens with zero attached hydrogens (tertiary/aromatic N) is 3. The quantitative estimate of drug-likeness (QED) is 0.387. The summed E-state index contributed by atoms with van der Waals surface area (Å²) < 4.78 is 21.6. The second-order valence-corrected chi connectivity index (χ2v) is 7.50. The molecule has 0 unspecified atom stereocenters. The summed E-state index contributed by atoms with van der Waals surface area (Å²) in [4.78, 5) is 0. The molecular weight excluding hydrogens is 385 g/mol. The number of aromatic nitrogens is 3. The molecule has 0 atom stereocenters. The van der Waals surface area contributed by atoms with Crippen LogP contribution in [0.4, 0.5) is 4.39 Å². The van der Waals surface area contributed by atoms with Crippen molar-refractivity contribution in [1.82, 2.24) is 14.8 Å². The Balaban J connectivity index is 1.78. The fourth-order valence-electron chi connectivity index (χ4n) is 3.05. The van der Waals surface area contributed by atoms with Gasteiger partial charge in [-0.25, -0.2) is 4.39 Å². The molecule has 4 aromatic rings. The number of halogens is 1. The Morgan fingerprint density at radius 2 is 1.66 bits per heavy atom. The van der Waals surface area contributed by atoms with Crippen LogP contribution in [0, 0.1) is 12.7 Å². The van der Waals surface area contributed by atoms with E-state index >= 15 is 0 Å². The van der Waals surface area contributed by atoms with Crippen molar-refractivity contribution < 1.29 is 9.13 Å². The van der Waals surface area contributed by atoms with E-state index in [4.69, 9.17) is 4.74 Å². The van der Waals surface area contributed by atoms with E-state index < -0.39 is 0 Å². The first-order valence-electron chi connectivity index (χ1n) is 9.19. The second-order valence-electron chi connectivity index (χ2n) is 6.56. The highest BCUT2D eigenvalue weighted by molar-refractivity contribution is 7.98. The maximum Gasteiger partial charge on any atom is 0.196 e. The Morgan fingerprint density at radius 1 is 0.931 bits per heavy atom. The Labute approximate surface area is 173 Å². The number of para-hydroxylation sites is 1. The Bertz CT molecular complexity index is 1130. The SMILES string of the molecule is COc1ccccc1-c1nnc(SCc2ccccc2F)n1-c1ccc(C)cc1. The zero-order valence-corrected chi connectivity index (χ0v) is 17.0. The van der Waals surface area contributed by atoms with Crippen molar-refractivity contribution in [3.8, 4) is 22.8 Å². The van der Waals surface area contributed by atoms with Crippen molar-refractivity contribution in [2.24, 2.45) is 0 Å². The van der Waals surface area contributed by atoms with Crippen LogP contribution in [0.1, 0.15) is 11.1 Å². The van der Waals surface area contributed by atoms with E-state index in [1.807, 2.05) is 66.1 Å². The molecule has 6 heteroatoms. The van der Waals surface area contributed by atoms with E-state index in [-0.39, 0.29) is 5.82 Å². The third-order valence-electron chi connectivity index (χ3n) is 4.59. The van der Waals surface area contributed by atoms with E-state index in [1.54, 1.807) is 19.2 Å². The summed E-state index contributed by atoms with van der Waals surface area (Å²) in [5.41, 5.74) is 3.59. The minimum absolute atomic E-state index is 0.216. The van der Waals surface area contributed by atoms with Gasteiger partial charge in [0.15, 0.2) is 11.0 Å². The van der Waals surface area contributed by atoms with Crippen LogP contribution in [0.2, 0.25) is 0 Å². The van der Waals surface area contributed by atoms with Crippen LogP contribution in [-0.2, 0) is 5.75 Å². The fourth-order valence-corrected chi connectivity index (χ4v) is 3.99. The van der Waals surface area contributed by atoms with Gasteiger partial charge in [-0.3, -0.25) is 4.57 Å². The van der Waals surface area contributed by atoms with Crippen LogP contribution in [0.15, 0.2) is 78.0 Å². The molecule has 0 saturated carbocycles. The Morgan fingerprint density at radius 3 is 2.41 bits per heavy atom. The molecule has 1 heterocycles. The second kappa shape index (κ2) is 8.49. The summed E-state index contributed by atoms with van der Waals surface area (Å²) in [6.07, 6.45) is 0. The maximum atomic E-state index is 14.1. The molecule has 29 heavy (non-hydrogen) atoms. The number of methoxy groups -OCH3 is 1. The third kappa shape index (κ3) is 4.03. The third-order valence-corrected chi connectivity index (χ3v) is 5.57. The molecule has 0 N–H and O–H groups in total. The van der Waals surface area contributed by atoms with Gasteiger partial charge < -0.3 is 4.74 Å². The number of hydrogen-bond acceptors (Lipinski definition) is 4. The standard InChI is InChI=1S/C23H20FN3OS/c1-16-11-13-18(14-12-16)27-22(19-8-4-6-10-21(19)28-2)25-26-23(27)29-15-17-7-3-5-9-20(17)24/h3-14H,15H2,1-2H3. The van der Waals surface area contributed by atoms with Gasteiger partial charge in [-0.15, -0.1) is 10.2 Å².